The molecule has 0 spiro atoms. The summed E-state index contributed by atoms with van der Waals surface area (Å²) in [7, 11) is -3.12. The van der Waals surface area contributed by atoms with E-state index >= 15 is 0 Å². The average Bonchev–Trinajstić information content (AvgIpc) is 2.03. The van der Waals surface area contributed by atoms with E-state index in [1.807, 2.05) is 6.92 Å². The van der Waals surface area contributed by atoms with Gasteiger partial charge in [0.1, 0.15) is 0 Å². The van der Waals surface area contributed by atoms with Crippen molar-refractivity contribution in [3.05, 3.63) is 0 Å². The molecular formula is C7H14ClNO3S. The van der Waals surface area contributed by atoms with Crippen LogP contribution < -0.4 is 0 Å². The van der Waals surface area contributed by atoms with Gasteiger partial charge in [-0.15, -0.1) is 11.6 Å². The monoisotopic (exact) mass is 227 g/mol. The zero-order valence-electron chi connectivity index (χ0n) is 7.73. The molecule has 0 aromatic rings. The molecule has 1 rings (SSSR count). The van der Waals surface area contributed by atoms with Crippen molar-refractivity contribution >= 4 is 21.6 Å². The molecule has 0 saturated carbocycles. The van der Waals surface area contributed by atoms with E-state index in [4.69, 9.17) is 16.3 Å². The first-order valence-corrected chi connectivity index (χ1v) is 6.48. The number of ether oxygens (including phenoxy) is 1. The minimum absolute atomic E-state index is 0.0885. The fourth-order valence-corrected chi connectivity index (χ4v) is 2.69. The van der Waals surface area contributed by atoms with Crippen LogP contribution in [0.1, 0.15) is 6.92 Å². The Hall–Kier alpha value is 0.160. The van der Waals surface area contributed by atoms with Crippen molar-refractivity contribution in [3.63, 3.8) is 0 Å². The molecular weight excluding hydrogens is 214 g/mol. The van der Waals surface area contributed by atoms with E-state index in [1.54, 1.807) is 0 Å². The third kappa shape index (κ3) is 2.80. The molecule has 13 heavy (non-hydrogen) atoms. The van der Waals surface area contributed by atoms with Crippen LogP contribution in [0.15, 0.2) is 0 Å². The number of rotatable bonds is 2. The third-order valence-corrected chi connectivity index (χ3v) is 3.75. The minimum Gasteiger partial charge on any atom is -0.374 e. The van der Waals surface area contributed by atoms with Crippen molar-refractivity contribution in [2.24, 2.45) is 0 Å². The van der Waals surface area contributed by atoms with Gasteiger partial charge in [-0.2, -0.15) is 4.31 Å². The quantitative estimate of drug-likeness (QED) is 0.637. The van der Waals surface area contributed by atoms with Crippen LogP contribution in [0.5, 0.6) is 0 Å². The van der Waals surface area contributed by atoms with Crippen molar-refractivity contribution in [1.29, 1.82) is 0 Å². The van der Waals surface area contributed by atoms with E-state index in [0.29, 0.717) is 19.0 Å². The molecule has 2 unspecified atom stereocenters. The van der Waals surface area contributed by atoms with Gasteiger partial charge in [-0.05, 0) is 6.92 Å². The molecule has 1 fully saturated rings. The van der Waals surface area contributed by atoms with Gasteiger partial charge in [-0.25, -0.2) is 8.42 Å². The van der Waals surface area contributed by atoms with Gasteiger partial charge in [0.15, 0.2) is 0 Å². The van der Waals surface area contributed by atoms with Crippen LogP contribution in [0.4, 0.5) is 0 Å². The fraction of sp³-hybridized carbons (Fsp3) is 1.00. The summed E-state index contributed by atoms with van der Waals surface area (Å²) in [5.74, 6) is 0.332. The van der Waals surface area contributed by atoms with Crippen molar-refractivity contribution in [2.75, 3.05) is 25.3 Å². The first-order chi connectivity index (χ1) is 5.95. The number of morpholine rings is 1. The van der Waals surface area contributed by atoms with Gasteiger partial charge in [0, 0.05) is 18.5 Å². The molecule has 1 aliphatic heterocycles. The van der Waals surface area contributed by atoms with Crippen molar-refractivity contribution in [1.82, 2.24) is 4.31 Å². The van der Waals surface area contributed by atoms with Gasteiger partial charge in [-0.1, -0.05) is 0 Å². The molecule has 0 aliphatic carbocycles. The predicted octanol–water partition coefficient (Wildman–Crippen LogP) is 0.274. The zero-order valence-corrected chi connectivity index (χ0v) is 9.31. The molecule has 1 saturated heterocycles. The highest BCUT2D eigenvalue weighted by molar-refractivity contribution is 7.88. The summed E-state index contributed by atoms with van der Waals surface area (Å²) in [5.41, 5.74) is 0. The summed E-state index contributed by atoms with van der Waals surface area (Å²) in [6, 6.07) is -0.0885. The SMILES string of the molecule is CC1COC(CCl)CN1S(C)(=O)=O. The smallest absolute Gasteiger partial charge is 0.211 e. The number of halogens is 1. The second-order valence-electron chi connectivity index (χ2n) is 3.29. The summed E-state index contributed by atoms with van der Waals surface area (Å²) in [5, 5.41) is 0. The van der Waals surface area contributed by atoms with E-state index < -0.39 is 10.0 Å². The third-order valence-electron chi connectivity index (χ3n) is 2.05. The maximum absolute atomic E-state index is 11.3. The molecule has 0 aromatic carbocycles. The Morgan fingerprint density at radius 1 is 1.62 bits per heavy atom. The van der Waals surface area contributed by atoms with Crippen molar-refractivity contribution < 1.29 is 13.2 Å². The molecule has 1 aliphatic rings. The predicted molar refractivity (Wildman–Crippen MR) is 51.5 cm³/mol. The van der Waals surface area contributed by atoms with Crippen LogP contribution in [0.2, 0.25) is 0 Å². The normalized spacial score (nSPS) is 31.9. The molecule has 1 heterocycles. The molecule has 78 valence electrons. The van der Waals surface area contributed by atoms with Gasteiger partial charge in [0.25, 0.3) is 0 Å². The first-order valence-electron chi connectivity index (χ1n) is 4.09. The van der Waals surface area contributed by atoms with Crippen molar-refractivity contribution in [2.45, 2.75) is 19.1 Å². The second-order valence-corrected chi connectivity index (χ2v) is 5.54. The van der Waals surface area contributed by atoms with Gasteiger partial charge in [-0.3, -0.25) is 0 Å². The van der Waals surface area contributed by atoms with Crippen LogP contribution >= 0.6 is 11.6 Å². The lowest BCUT2D eigenvalue weighted by Crippen LogP contribution is -2.51. The Morgan fingerprint density at radius 2 is 2.23 bits per heavy atom. The Balaban J connectivity index is 2.71. The van der Waals surface area contributed by atoms with Gasteiger partial charge < -0.3 is 4.74 Å². The molecule has 2 atom stereocenters. The Kier molecular flexibility index (Phi) is 3.57. The molecule has 0 amide bonds. The lowest BCUT2D eigenvalue weighted by molar-refractivity contribution is -0.0149. The van der Waals surface area contributed by atoms with Crippen LogP contribution in [0.25, 0.3) is 0 Å². The number of nitrogens with zero attached hydrogens (tertiary/aromatic N) is 1. The standard InChI is InChI=1S/C7H14ClNO3S/c1-6-5-12-7(3-8)4-9(6)13(2,10)11/h6-7H,3-5H2,1-2H3. The molecule has 4 nitrogen and oxygen atoms in total. The number of hydrogen-bond donors (Lipinski definition) is 0. The molecule has 0 radical (unpaired) electrons. The molecule has 0 bridgehead atoms. The minimum atomic E-state index is -3.12. The Morgan fingerprint density at radius 3 is 2.69 bits per heavy atom. The lowest BCUT2D eigenvalue weighted by atomic mass is 10.2. The summed E-state index contributed by atoms with van der Waals surface area (Å²) in [6.07, 6.45) is 1.03. The van der Waals surface area contributed by atoms with Crippen LogP contribution in [0.3, 0.4) is 0 Å². The zero-order chi connectivity index (χ0) is 10.1. The van der Waals surface area contributed by atoms with Crippen molar-refractivity contribution in [3.8, 4) is 0 Å². The summed E-state index contributed by atoms with van der Waals surface area (Å²) >= 11 is 5.60. The Bertz CT molecular complexity index is 267. The van der Waals surface area contributed by atoms with Gasteiger partial charge in [0.2, 0.25) is 10.0 Å². The van der Waals surface area contributed by atoms with Crippen LogP contribution in [-0.2, 0) is 14.8 Å². The topological polar surface area (TPSA) is 46.6 Å². The average molecular weight is 228 g/mol. The molecule has 0 N–H and O–H groups in total. The van der Waals surface area contributed by atoms with Gasteiger partial charge in [0.05, 0.1) is 19.0 Å². The first kappa shape index (κ1) is 11.2. The fourth-order valence-electron chi connectivity index (χ4n) is 1.35. The largest absolute Gasteiger partial charge is 0.374 e. The van der Waals surface area contributed by atoms with E-state index in [0.717, 1.165) is 0 Å². The maximum Gasteiger partial charge on any atom is 0.211 e. The number of sulfonamides is 1. The van der Waals surface area contributed by atoms with Crippen LogP contribution in [-0.4, -0.2) is 50.2 Å². The van der Waals surface area contributed by atoms with Crippen LogP contribution in [0, 0.1) is 0 Å². The molecule has 0 aromatic heterocycles. The Labute approximate surface area is 83.9 Å². The summed E-state index contributed by atoms with van der Waals surface area (Å²) in [6.45, 7) is 2.61. The number of hydrogen-bond acceptors (Lipinski definition) is 3. The van der Waals surface area contributed by atoms with E-state index in [1.165, 1.54) is 10.6 Å². The highest BCUT2D eigenvalue weighted by Crippen LogP contribution is 2.15. The highest BCUT2D eigenvalue weighted by atomic mass is 35.5. The van der Waals surface area contributed by atoms with E-state index in [2.05, 4.69) is 0 Å². The summed E-state index contributed by atoms with van der Waals surface area (Å²) in [4.78, 5) is 0. The molecule has 6 heteroatoms. The second kappa shape index (κ2) is 4.13. The summed E-state index contributed by atoms with van der Waals surface area (Å²) < 4.78 is 29.3. The number of alkyl halides is 1. The lowest BCUT2D eigenvalue weighted by Gasteiger charge is -2.35. The van der Waals surface area contributed by atoms with E-state index in [-0.39, 0.29) is 12.1 Å². The van der Waals surface area contributed by atoms with E-state index in [9.17, 15) is 8.42 Å². The highest BCUT2D eigenvalue weighted by Gasteiger charge is 2.31. The maximum atomic E-state index is 11.3. The van der Waals surface area contributed by atoms with Gasteiger partial charge >= 0.3 is 0 Å².